The van der Waals surface area contributed by atoms with E-state index in [1.807, 2.05) is 13.8 Å². The average Bonchev–Trinajstić information content (AvgIpc) is 2.27. The van der Waals surface area contributed by atoms with Gasteiger partial charge in [-0.25, -0.2) is 4.79 Å². The molecule has 0 aromatic heterocycles. The molecule has 0 aliphatic carbocycles. The van der Waals surface area contributed by atoms with Gasteiger partial charge in [0.15, 0.2) is 0 Å². The summed E-state index contributed by atoms with van der Waals surface area (Å²) in [5, 5.41) is 6.70. The molecule has 1 rings (SSSR count). The molecule has 0 heterocycles. The van der Waals surface area contributed by atoms with Crippen molar-refractivity contribution in [2.75, 3.05) is 0 Å². The van der Waals surface area contributed by atoms with E-state index in [-0.39, 0.29) is 12.1 Å². The third-order valence-electron chi connectivity index (χ3n) is 2.44. The van der Waals surface area contributed by atoms with Gasteiger partial charge in [0.2, 0.25) is 0 Å². The van der Waals surface area contributed by atoms with E-state index >= 15 is 0 Å². The molecule has 0 fully saturated rings. The summed E-state index contributed by atoms with van der Waals surface area (Å²) in [6.45, 7) is 4.36. The summed E-state index contributed by atoms with van der Waals surface area (Å²) in [6.07, 6.45) is 0.898. The van der Waals surface area contributed by atoms with Crippen LogP contribution >= 0.6 is 23.2 Å². The van der Waals surface area contributed by atoms with Crippen LogP contribution in [0.2, 0.25) is 10.0 Å². The molecule has 0 unspecified atom stereocenters. The van der Waals surface area contributed by atoms with Crippen molar-refractivity contribution in [1.29, 1.82) is 0 Å². The molecule has 2 N–H and O–H groups in total. The van der Waals surface area contributed by atoms with Gasteiger partial charge in [0.1, 0.15) is 0 Å². The zero-order valence-electron chi connectivity index (χ0n) is 9.89. The van der Waals surface area contributed by atoms with Gasteiger partial charge in [0.25, 0.3) is 0 Å². The number of carbonyl (C=O) groups excluding carboxylic acids is 1. The molecule has 2 amide bonds. The summed E-state index contributed by atoms with van der Waals surface area (Å²) >= 11 is 11.8. The van der Waals surface area contributed by atoms with Gasteiger partial charge < -0.3 is 10.6 Å². The molecule has 0 bridgehead atoms. The molecule has 1 aromatic carbocycles. The normalized spacial score (nSPS) is 12.0. The smallest absolute Gasteiger partial charge is 0.315 e. The molecule has 1 aromatic rings. The first-order chi connectivity index (χ1) is 8.02. The van der Waals surface area contributed by atoms with E-state index in [9.17, 15) is 4.79 Å². The quantitative estimate of drug-likeness (QED) is 0.866. The Morgan fingerprint density at radius 3 is 2.71 bits per heavy atom. The van der Waals surface area contributed by atoms with E-state index in [4.69, 9.17) is 23.2 Å². The van der Waals surface area contributed by atoms with Crippen LogP contribution in [0.3, 0.4) is 0 Å². The first kappa shape index (κ1) is 14.1. The predicted octanol–water partition coefficient (Wildman–Crippen LogP) is 3.59. The van der Waals surface area contributed by atoms with Crippen LogP contribution in [-0.2, 0) is 6.54 Å². The Morgan fingerprint density at radius 2 is 2.12 bits per heavy atom. The van der Waals surface area contributed by atoms with Crippen LogP contribution in [0.25, 0.3) is 0 Å². The molecule has 1 atom stereocenters. The lowest BCUT2D eigenvalue weighted by molar-refractivity contribution is 0.237. The maximum atomic E-state index is 11.5. The highest BCUT2D eigenvalue weighted by Crippen LogP contribution is 2.20. The first-order valence-corrected chi connectivity index (χ1v) is 6.26. The van der Waals surface area contributed by atoms with Crippen molar-refractivity contribution in [2.45, 2.75) is 32.9 Å². The maximum Gasteiger partial charge on any atom is 0.315 e. The van der Waals surface area contributed by atoms with Crippen molar-refractivity contribution in [3.63, 3.8) is 0 Å². The summed E-state index contributed by atoms with van der Waals surface area (Å²) in [6, 6.07) is 5.18. The molecule has 94 valence electrons. The van der Waals surface area contributed by atoms with Crippen LogP contribution in [-0.4, -0.2) is 12.1 Å². The standard InChI is InChI=1S/C12H16Cl2N2O/c1-3-8(2)16-12(17)15-7-9-4-5-10(13)6-11(9)14/h4-6,8H,3,7H2,1-2H3,(H2,15,16,17)/t8-/m1/s1. The van der Waals surface area contributed by atoms with E-state index in [2.05, 4.69) is 10.6 Å². The lowest BCUT2D eigenvalue weighted by Crippen LogP contribution is -2.40. The van der Waals surface area contributed by atoms with E-state index in [0.29, 0.717) is 16.6 Å². The number of hydrogen-bond donors (Lipinski definition) is 2. The number of nitrogens with one attached hydrogen (secondary N) is 2. The minimum atomic E-state index is -0.189. The molecular formula is C12H16Cl2N2O. The molecule has 3 nitrogen and oxygen atoms in total. The monoisotopic (exact) mass is 274 g/mol. The number of carbonyl (C=O) groups is 1. The second kappa shape index (κ2) is 6.72. The van der Waals surface area contributed by atoms with Gasteiger partial charge in [-0.05, 0) is 31.0 Å². The third kappa shape index (κ3) is 4.84. The van der Waals surface area contributed by atoms with Gasteiger partial charge in [-0.1, -0.05) is 36.2 Å². The van der Waals surface area contributed by atoms with E-state index < -0.39 is 0 Å². The molecule has 0 saturated carbocycles. The fraction of sp³-hybridized carbons (Fsp3) is 0.417. The second-order valence-corrected chi connectivity index (χ2v) is 4.72. The summed E-state index contributed by atoms with van der Waals surface area (Å²) < 4.78 is 0. The lowest BCUT2D eigenvalue weighted by Gasteiger charge is -2.13. The highest BCUT2D eigenvalue weighted by molar-refractivity contribution is 6.35. The number of amides is 2. The SMILES string of the molecule is CC[C@@H](C)NC(=O)NCc1ccc(Cl)cc1Cl. The summed E-state index contributed by atoms with van der Waals surface area (Å²) in [4.78, 5) is 11.5. The van der Waals surface area contributed by atoms with Crippen molar-refractivity contribution >= 4 is 29.2 Å². The Hall–Kier alpha value is -0.930. The fourth-order valence-electron chi connectivity index (χ4n) is 1.22. The van der Waals surface area contributed by atoms with Crippen LogP contribution in [0, 0.1) is 0 Å². The van der Waals surface area contributed by atoms with Gasteiger partial charge in [-0.15, -0.1) is 0 Å². The molecule has 0 aliphatic heterocycles. The van der Waals surface area contributed by atoms with Crippen molar-refractivity contribution in [3.05, 3.63) is 33.8 Å². The highest BCUT2D eigenvalue weighted by Gasteiger charge is 2.06. The van der Waals surface area contributed by atoms with Gasteiger partial charge in [0.05, 0.1) is 0 Å². The molecule has 5 heteroatoms. The van der Waals surface area contributed by atoms with Gasteiger partial charge >= 0.3 is 6.03 Å². The van der Waals surface area contributed by atoms with Crippen LogP contribution in [0.5, 0.6) is 0 Å². The van der Waals surface area contributed by atoms with Gasteiger partial charge in [-0.2, -0.15) is 0 Å². The Kier molecular flexibility index (Phi) is 5.59. The van der Waals surface area contributed by atoms with Crippen LogP contribution in [0.15, 0.2) is 18.2 Å². The fourth-order valence-corrected chi connectivity index (χ4v) is 1.69. The number of halogens is 2. The van der Waals surface area contributed by atoms with E-state index in [1.165, 1.54) is 0 Å². The predicted molar refractivity (Wildman–Crippen MR) is 71.6 cm³/mol. The second-order valence-electron chi connectivity index (χ2n) is 3.87. The van der Waals surface area contributed by atoms with Gasteiger partial charge in [-0.3, -0.25) is 0 Å². The Morgan fingerprint density at radius 1 is 1.41 bits per heavy atom. The zero-order chi connectivity index (χ0) is 12.8. The summed E-state index contributed by atoms with van der Waals surface area (Å²) in [7, 11) is 0. The van der Waals surface area contributed by atoms with Crippen molar-refractivity contribution in [2.24, 2.45) is 0 Å². The minimum Gasteiger partial charge on any atom is -0.336 e. The Balaban J connectivity index is 2.47. The van der Waals surface area contributed by atoms with Crippen molar-refractivity contribution in [3.8, 4) is 0 Å². The average molecular weight is 275 g/mol. The number of urea groups is 1. The van der Waals surface area contributed by atoms with Crippen LogP contribution < -0.4 is 10.6 Å². The van der Waals surface area contributed by atoms with E-state index in [1.54, 1.807) is 18.2 Å². The molecule has 0 aliphatic rings. The largest absolute Gasteiger partial charge is 0.336 e. The van der Waals surface area contributed by atoms with Crippen molar-refractivity contribution in [1.82, 2.24) is 10.6 Å². The number of benzene rings is 1. The van der Waals surface area contributed by atoms with Crippen molar-refractivity contribution < 1.29 is 4.79 Å². The van der Waals surface area contributed by atoms with Crippen LogP contribution in [0.4, 0.5) is 4.79 Å². The molecule has 0 saturated heterocycles. The zero-order valence-corrected chi connectivity index (χ0v) is 11.4. The molecule has 0 spiro atoms. The molecular weight excluding hydrogens is 259 g/mol. The first-order valence-electron chi connectivity index (χ1n) is 5.51. The summed E-state index contributed by atoms with van der Waals surface area (Å²) in [5.74, 6) is 0. The molecule has 17 heavy (non-hydrogen) atoms. The van der Waals surface area contributed by atoms with Crippen LogP contribution in [0.1, 0.15) is 25.8 Å². The lowest BCUT2D eigenvalue weighted by atomic mass is 10.2. The Bertz CT molecular complexity index is 396. The molecule has 0 radical (unpaired) electrons. The van der Waals surface area contributed by atoms with Gasteiger partial charge in [0, 0.05) is 22.6 Å². The number of rotatable bonds is 4. The van der Waals surface area contributed by atoms with E-state index in [0.717, 1.165) is 12.0 Å². The number of hydrogen-bond acceptors (Lipinski definition) is 1. The Labute approximate surface area is 111 Å². The topological polar surface area (TPSA) is 41.1 Å². The highest BCUT2D eigenvalue weighted by atomic mass is 35.5. The third-order valence-corrected chi connectivity index (χ3v) is 3.03. The summed E-state index contributed by atoms with van der Waals surface area (Å²) in [5.41, 5.74) is 0.843. The maximum absolute atomic E-state index is 11.5. The minimum absolute atomic E-state index is 0.163.